The minimum Gasteiger partial charge on any atom is -0.468 e. The van der Waals surface area contributed by atoms with Crippen molar-refractivity contribution in [3.05, 3.63) is 40.9 Å². The summed E-state index contributed by atoms with van der Waals surface area (Å²) in [5, 5.41) is 0.559. The molecule has 0 bridgehead atoms. The fraction of sp³-hybridized carbons (Fsp3) is 0.400. The molecule has 1 aliphatic rings. The Hall–Kier alpha value is -1.53. The Balaban J connectivity index is 2.25. The molecule has 0 amide bonds. The van der Waals surface area contributed by atoms with E-state index in [0.717, 1.165) is 24.8 Å². The highest BCUT2D eigenvalue weighted by molar-refractivity contribution is 7.74. The van der Waals surface area contributed by atoms with Gasteiger partial charge in [-0.05, 0) is 49.1 Å². The van der Waals surface area contributed by atoms with Crippen LogP contribution in [0.25, 0.3) is 0 Å². The van der Waals surface area contributed by atoms with Gasteiger partial charge in [-0.1, -0.05) is 17.7 Å². The number of nitrogens with zero attached hydrogens (tertiary/aromatic N) is 1. The van der Waals surface area contributed by atoms with Crippen molar-refractivity contribution in [1.82, 2.24) is 0 Å². The van der Waals surface area contributed by atoms with Crippen LogP contribution in [0.5, 0.6) is 0 Å². The predicted molar refractivity (Wildman–Crippen MR) is 86.6 cm³/mol. The molecule has 1 aromatic rings. The van der Waals surface area contributed by atoms with E-state index in [4.69, 9.17) is 16.3 Å². The lowest BCUT2D eigenvalue weighted by Gasteiger charge is -2.33. The molecule has 22 heavy (non-hydrogen) atoms. The molecule has 0 N–H and O–H groups in total. The van der Waals surface area contributed by atoms with E-state index in [-0.39, 0.29) is 12.6 Å². The maximum Gasteiger partial charge on any atom is 0.293 e. The van der Waals surface area contributed by atoms with Crippen LogP contribution in [-0.2, 0) is 20.4 Å². The van der Waals surface area contributed by atoms with Gasteiger partial charge >= 0.3 is 0 Å². The average Bonchev–Trinajstić information content (AvgIpc) is 2.51. The number of thiol groups is 1. The Morgan fingerprint density at radius 3 is 2.68 bits per heavy atom. The van der Waals surface area contributed by atoms with E-state index in [1.807, 2.05) is 6.08 Å². The SMILES string of the molecule is O=COCCC1=CCCCC1N(c1ccc(Cl)cc1)[SH](=O)=O. The number of ether oxygens (including phenoxy) is 1. The first-order valence-corrected chi connectivity index (χ1v) is 8.57. The summed E-state index contributed by atoms with van der Waals surface area (Å²) >= 11 is 5.86. The Labute approximate surface area is 136 Å². The van der Waals surface area contributed by atoms with Crippen LogP contribution in [0.4, 0.5) is 5.69 Å². The van der Waals surface area contributed by atoms with Crippen molar-refractivity contribution >= 4 is 34.7 Å². The van der Waals surface area contributed by atoms with Gasteiger partial charge in [0, 0.05) is 11.4 Å². The number of carbonyl (C=O) groups excluding carboxylic acids is 1. The molecule has 1 aliphatic carbocycles. The molecule has 1 atom stereocenters. The van der Waals surface area contributed by atoms with Crippen LogP contribution in [0, 0.1) is 0 Å². The van der Waals surface area contributed by atoms with E-state index >= 15 is 0 Å². The molecule has 0 aromatic heterocycles. The second-order valence-electron chi connectivity index (χ2n) is 5.00. The maximum atomic E-state index is 11.8. The van der Waals surface area contributed by atoms with Gasteiger partial charge < -0.3 is 4.74 Å². The van der Waals surface area contributed by atoms with Gasteiger partial charge in [0.15, 0.2) is 0 Å². The lowest BCUT2D eigenvalue weighted by atomic mass is 9.92. The van der Waals surface area contributed by atoms with Crippen molar-refractivity contribution < 1.29 is 17.9 Å². The van der Waals surface area contributed by atoms with Crippen molar-refractivity contribution in [3.8, 4) is 0 Å². The van der Waals surface area contributed by atoms with Crippen molar-refractivity contribution in [1.29, 1.82) is 0 Å². The van der Waals surface area contributed by atoms with Crippen LogP contribution < -0.4 is 4.31 Å². The number of benzene rings is 1. The van der Waals surface area contributed by atoms with Gasteiger partial charge in [0.25, 0.3) is 6.47 Å². The minimum atomic E-state index is -2.78. The van der Waals surface area contributed by atoms with Gasteiger partial charge in [-0.15, -0.1) is 0 Å². The third kappa shape index (κ3) is 4.24. The number of rotatable bonds is 7. The summed E-state index contributed by atoms with van der Waals surface area (Å²) in [4.78, 5) is 10.3. The van der Waals surface area contributed by atoms with Crippen molar-refractivity contribution in [2.24, 2.45) is 0 Å². The molecule has 7 heteroatoms. The first kappa shape index (κ1) is 16.8. The lowest BCUT2D eigenvalue weighted by Crippen LogP contribution is -2.37. The molecule has 1 unspecified atom stereocenters. The quantitative estimate of drug-likeness (QED) is 0.358. The van der Waals surface area contributed by atoms with Crippen LogP contribution in [0.15, 0.2) is 35.9 Å². The molecule has 0 fully saturated rings. The first-order chi connectivity index (χ1) is 10.6. The molecule has 0 radical (unpaired) electrons. The molecule has 0 heterocycles. The van der Waals surface area contributed by atoms with E-state index < -0.39 is 10.9 Å². The van der Waals surface area contributed by atoms with Crippen LogP contribution in [0.3, 0.4) is 0 Å². The number of halogens is 1. The summed E-state index contributed by atoms with van der Waals surface area (Å²) in [5.41, 5.74) is 1.58. The molecule has 0 saturated heterocycles. The number of allylic oxidation sites excluding steroid dienone is 1. The number of hydrogen-bond donors (Lipinski definition) is 1. The van der Waals surface area contributed by atoms with E-state index in [1.54, 1.807) is 24.3 Å². The summed E-state index contributed by atoms with van der Waals surface area (Å²) in [6.45, 7) is 0.666. The molecule has 0 saturated carbocycles. The fourth-order valence-electron chi connectivity index (χ4n) is 2.67. The monoisotopic (exact) mass is 343 g/mol. The highest BCUT2D eigenvalue weighted by Gasteiger charge is 2.26. The molecule has 0 spiro atoms. The van der Waals surface area contributed by atoms with Gasteiger partial charge in [-0.2, -0.15) is 0 Å². The summed E-state index contributed by atoms with van der Waals surface area (Å²) in [7, 11) is -2.78. The van der Waals surface area contributed by atoms with Gasteiger partial charge in [-0.25, -0.2) is 8.42 Å². The lowest BCUT2D eigenvalue weighted by molar-refractivity contribution is -0.128. The second-order valence-corrected chi connectivity index (χ2v) is 6.34. The molecule has 2 rings (SSSR count). The first-order valence-electron chi connectivity index (χ1n) is 7.06. The van der Waals surface area contributed by atoms with Gasteiger partial charge in [-0.3, -0.25) is 9.10 Å². The fourth-order valence-corrected chi connectivity index (χ4v) is 3.61. The van der Waals surface area contributed by atoms with Crippen LogP contribution in [0.1, 0.15) is 25.7 Å². The topological polar surface area (TPSA) is 63.7 Å². The molecular formula is C15H18ClNO4S. The summed E-state index contributed by atoms with van der Waals surface area (Å²) in [6, 6.07) is 6.50. The maximum absolute atomic E-state index is 11.8. The van der Waals surface area contributed by atoms with E-state index in [9.17, 15) is 13.2 Å². The standard InChI is InChI=1S/C15H18ClNO4S/c16-13-5-7-14(8-6-13)17(22(19)20)15-4-2-1-3-12(15)9-10-21-11-18/h3,5-8,11,15,22H,1-2,4,9-10H2. The summed E-state index contributed by atoms with van der Waals surface area (Å²) < 4.78 is 29.7. The molecule has 0 aliphatic heterocycles. The molecule has 120 valence electrons. The number of hydrogen-bond acceptors (Lipinski definition) is 4. The normalized spacial score (nSPS) is 17.9. The Kier molecular flexibility index (Phi) is 6.27. The average molecular weight is 344 g/mol. The smallest absolute Gasteiger partial charge is 0.293 e. The molecule has 5 nitrogen and oxygen atoms in total. The Morgan fingerprint density at radius 2 is 2.05 bits per heavy atom. The Morgan fingerprint density at radius 1 is 1.32 bits per heavy atom. The van der Waals surface area contributed by atoms with E-state index in [0.29, 0.717) is 23.6 Å². The third-order valence-corrected chi connectivity index (χ3v) is 4.77. The van der Waals surface area contributed by atoms with Crippen LogP contribution >= 0.6 is 11.6 Å². The van der Waals surface area contributed by atoms with E-state index in [1.165, 1.54) is 4.31 Å². The zero-order valence-corrected chi connectivity index (χ0v) is 13.6. The van der Waals surface area contributed by atoms with Gasteiger partial charge in [0.05, 0.1) is 18.3 Å². The van der Waals surface area contributed by atoms with Crippen LogP contribution in [-0.4, -0.2) is 27.5 Å². The summed E-state index contributed by atoms with van der Waals surface area (Å²) in [5.74, 6) is 0. The largest absolute Gasteiger partial charge is 0.468 e. The van der Waals surface area contributed by atoms with Crippen molar-refractivity contribution in [3.63, 3.8) is 0 Å². The molecule has 1 aromatic carbocycles. The van der Waals surface area contributed by atoms with Crippen molar-refractivity contribution in [2.45, 2.75) is 31.7 Å². The van der Waals surface area contributed by atoms with Gasteiger partial charge in [0.2, 0.25) is 10.9 Å². The third-order valence-electron chi connectivity index (χ3n) is 3.66. The zero-order chi connectivity index (χ0) is 15.9. The highest BCUT2D eigenvalue weighted by atomic mass is 35.5. The minimum absolute atomic E-state index is 0.230. The molecular weight excluding hydrogens is 326 g/mol. The number of carbonyl (C=O) groups is 1. The summed E-state index contributed by atoms with van der Waals surface area (Å²) in [6.07, 6.45) is 5.17. The van der Waals surface area contributed by atoms with Crippen molar-refractivity contribution in [2.75, 3.05) is 10.9 Å². The number of anilines is 1. The predicted octanol–water partition coefficient (Wildman–Crippen LogP) is 2.71. The van der Waals surface area contributed by atoms with Gasteiger partial charge in [0.1, 0.15) is 0 Å². The van der Waals surface area contributed by atoms with E-state index in [2.05, 4.69) is 0 Å². The zero-order valence-electron chi connectivity index (χ0n) is 12.0. The van der Waals surface area contributed by atoms with Crippen LogP contribution in [0.2, 0.25) is 5.02 Å². The second kappa shape index (κ2) is 8.19. The highest BCUT2D eigenvalue weighted by Crippen LogP contribution is 2.30. The Bertz CT molecular complexity index is 604.